The predicted molar refractivity (Wildman–Crippen MR) is 126 cm³/mol. The summed E-state index contributed by atoms with van der Waals surface area (Å²) in [4.78, 5) is 20.3. The number of nitrogens with zero attached hydrogens (tertiary/aromatic N) is 3. The van der Waals surface area contributed by atoms with Gasteiger partial charge >= 0.3 is 6.18 Å². The van der Waals surface area contributed by atoms with Crippen molar-refractivity contribution in [3.05, 3.63) is 75.3 Å². The number of anilines is 1. The number of rotatable bonds is 3. The number of aliphatic hydroxyl groups excluding tert-OH is 1. The van der Waals surface area contributed by atoms with E-state index in [-0.39, 0.29) is 11.6 Å². The van der Waals surface area contributed by atoms with Crippen LogP contribution in [-0.4, -0.2) is 34.4 Å². The SMILES string of the molecule is CN1CC=Cc2c(Cc3ccc(C(F)(F)F)cc3)cc3c(=O)n([C@H]4CCCC[C@@H]4O)cnc3c21. The second-order valence-corrected chi connectivity index (χ2v) is 9.22. The maximum absolute atomic E-state index is 13.6. The van der Waals surface area contributed by atoms with Crippen molar-refractivity contribution in [2.24, 2.45) is 0 Å². The minimum atomic E-state index is -4.38. The molecular formula is C26H26F3N3O2. The van der Waals surface area contributed by atoms with E-state index in [1.807, 2.05) is 30.2 Å². The summed E-state index contributed by atoms with van der Waals surface area (Å²) in [6, 6.07) is 6.65. The third kappa shape index (κ3) is 4.00. The Kier molecular flexibility index (Phi) is 5.72. The van der Waals surface area contributed by atoms with Crippen LogP contribution in [0.4, 0.5) is 18.9 Å². The molecule has 1 N–H and O–H groups in total. The van der Waals surface area contributed by atoms with E-state index in [1.165, 1.54) is 12.1 Å². The summed E-state index contributed by atoms with van der Waals surface area (Å²) >= 11 is 0. The van der Waals surface area contributed by atoms with Crippen molar-refractivity contribution in [3.8, 4) is 0 Å². The van der Waals surface area contributed by atoms with E-state index in [0.717, 1.165) is 53.8 Å². The maximum Gasteiger partial charge on any atom is 0.416 e. The van der Waals surface area contributed by atoms with Gasteiger partial charge < -0.3 is 10.0 Å². The third-order valence-corrected chi connectivity index (χ3v) is 6.95. The van der Waals surface area contributed by atoms with Crippen LogP contribution in [0, 0.1) is 0 Å². The fourth-order valence-corrected chi connectivity index (χ4v) is 5.16. The first kappa shape index (κ1) is 22.7. The number of fused-ring (bicyclic) bond motifs is 3. The minimum Gasteiger partial charge on any atom is -0.391 e. The normalized spacial score (nSPS) is 20.6. The van der Waals surface area contributed by atoms with Gasteiger partial charge in [0.1, 0.15) is 5.52 Å². The Morgan fingerprint density at radius 2 is 1.88 bits per heavy atom. The molecule has 1 aliphatic carbocycles. The largest absolute Gasteiger partial charge is 0.416 e. The maximum atomic E-state index is 13.6. The van der Waals surface area contributed by atoms with Crippen molar-refractivity contribution < 1.29 is 18.3 Å². The van der Waals surface area contributed by atoms with Gasteiger partial charge in [0.2, 0.25) is 0 Å². The highest BCUT2D eigenvalue weighted by Crippen LogP contribution is 2.36. The Labute approximate surface area is 195 Å². The van der Waals surface area contributed by atoms with Gasteiger partial charge in [-0.05, 0) is 48.6 Å². The number of alkyl halides is 3. The first-order valence-electron chi connectivity index (χ1n) is 11.5. The van der Waals surface area contributed by atoms with Crippen LogP contribution in [0.2, 0.25) is 0 Å². The number of benzene rings is 2. The highest BCUT2D eigenvalue weighted by atomic mass is 19.4. The van der Waals surface area contributed by atoms with E-state index in [2.05, 4.69) is 4.98 Å². The van der Waals surface area contributed by atoms with Gasteiger partial charge in [-0.3, -0.25) is 9.36 Å². The molecule has 1 fully saturated rings. The molecule has 34 heavy (non-hydrogen) atoms. The standard InChI is InChI=1S/C26H26F3N3O2/c1-31-12-4-5-19-17(13-16-8-10-18(11-9-16)26(27,28)29)14-20-23(24(19)31)30-15-32(25(20)34)21-6-2-3-7-22(21)33/h4-5,8-11,14-15,21-22,33H,2-3,6-7,12-13H2,1H3/t21-,22-/m0/s1. The lowest BCUT2D eigenvalue weighted by Gasteiger charge is -2.30. The summed E-state index contributed by atoms with van der Waals surface area (Å²) in [5.41, 5.74) is 3.06. The van der Waals surface area contributed by atoms with Crippen LogP contribution in [0.3, 0.4) is 0 Å². The Morgan fingerprint density at radius 1 is 1.15 bits per heavy atom. The van der Waals surface area contributed by atoms with Gasteiger partial charge in [0.25, 0.3) is 5.56 Å². The Balaban J connectivity index is 1.63. The molecule has 2 heterocycles. The van der Waals surface area contributed by atoms with E-state index in [0.29, 0.717) is 30.3 Å². The number of halogens is 3. The van der Waals surface area contributed by atoms with E-state index >= 15 is 0 Å². The van der Waals surface area contributed by atoms with Gasteiger partial charge in [-0.1, -0.05) is 37.1 Å². The monoisotopic (exact) mass is 469 g/mol. The molecule has 2 aliphatic rings. The zero-order valence-corrected chi connectivity index (χ0v) is 18.8. The summed E-state index contributed by atoms with van der Waals surface area (Å²) in [5, 5.41) is 11.0. The quantitative estimate of drug-likeness (QED) is 0.590. The van der Waals surface area contributed by atoms with Crippen LogP contribution in [0.5, 0.6) is 0 Å². The molecule has 5 nitrogen and oxygen atoms in total. The molecule has 1 aliphatic heterocycles. The van der Waals surface area contributed by atoms with E-state index in [1.54, 1.807) is 10.9 Å². The molecule has 2 aromatic carbocycles. The zero-order chi connectivity index (χ0) is 24.0. The minimum absolute atomic E-state index is 0.199. The second kappa shape index (κ2) is 8.58. The predicted octanol–water partition coefficient (Wildman–Crippen LogP) is 4.95. The van der Waals surface area contributed by atoms with Crippen molar-refractivity contribution in [1.29, 1.82) is 0 Å². The summed E-state index contributed by atoms with van der Waals surface area (Å²) in [5.74, 6) is 0. The average molecular weight is 470 g/mol. The Bertz CT molecular complexity index is 1310. The lowest BCUT2D eigenvalue weighted by atomic mass is 9.91. The Hall–Kier alpha value is -3.13. The van der Waals surface area contributed by atoms with Gasteiger partial charge in [-0.25, -0.2) is 4.98 Å². The van der Waals surface area contributed by atoms with Crippen LogP contribution in [-0.2, 0) is 12.6 Å². The van der Waals surface area contributed by atoms with Gasteiger partial charge in [0.15, 0.2) is 0 Å². The van der Waals surface area contributed by atoms with Crippen molar-refractivity contribution in [2.75, 3.05) is 18.5 Å². The molecule has 1 saturated carbocycles. The van der Waals surface area contributed by atoms with Gasteiger partial charge in [-0.2, -0.15) is 13.2 Å². The van der Waals surface area contributed by atoms with Crippen LogP contribution in [0.25, 0.3) is 17.0 Å². The molecule has 0 radical (unpaired) electrons. The Morgan fingerprint density at radius 3 is 2.59 bits per heavy atom. The highest BCUT2D eigenvalue weighted by Gasteiger charge is 2.30. The van der Waals surface area contributed by atoms with Crippen LogP contribution in [0.15, 0.2) is 47.5 Å². The first-order valence-corrected chi connectivity index (χ1v) is 11.5. The third-order valence-electron chi connectivity index (χ3n) is 6.95. The number of likely N-dealkylation sites (N-methyl/N-ethyl adjacent to an activating group) is 1. The van der Waals surface area contributed by atoms with Crippen molar-refractivity contribution in [2.45, 2.75) is 50.4 Å². The molecule has 0 spiro atoms. The average Bonchev–Trinajstić information content (AvgIpc) is 2.80. The number of hydrogen-bond donors (Lipinski definition) is 1. The number of hydrogen-bond acceptors (Lipinski definition) is 4. The topological polar surface area (TPSA) is 58.4 Å². The molecule has 3 aromatic rings. The molecule has 178 valence electrons. The first-order chi connectivity index (χ1) is 16.2. The second-order valence-electron chi connectivity index (χ2n) is 9.22. The molecular weight excluding hydrogens is 443 g/mol. The van der Waals surface area contributed by atoms with Crippen LogP contribution in [0.1, 0.15) is 54.0 Å². The lowest BCUT2D eigenvalue weighted by Crippen LogP contribution is -2.35. The molecule has 0 amide bonds. The fourth-order valence-electron chi connectivity index (χ4n) is 5.16. The fraction of sp³-hybridized carbons (Fsp3) is 0.385. The number of aromatic nitrogens is 2. The van der Waals surface area contributed by atoms with Crippen LogP contribution < -0.4 is 10.5 Å². The summed E-state index contributed by atoms with van der Waals surface area (Å²) < 4.78 is 40.5. The lowest BCUT2D eigenvalue weighted by molar-refractivity contribution is -0.137. The summed E-state index contributed by atoms with van der Waals surface area (Å²) in [6.45, 7) is 0.665. The molecule has 0 unspecified atom stereocenters. The van der Waals surface area contributed by atoms with Gasteiger partial charge in [0, 0.05) is 19.2 Å². The molecule has 8 heteroatoms. The van der Waals surface area contributed by atoms with E-state index in [9.17, 15) is 23.1 Å². The molecule has 2 atom stereocenters. The zero-order valence-electron chi connectivity index (χ0n) is 18.8. The van der Waals surface area contributed by atoms with Crippen LogP contribution >= 0.6 is 0 Å². The highest BCUT2D eigenvalue weighted by molar-refractivity contribution is 5.97. The number of aliphatic hydroxyl groups is 1. The van der Waals surface area contributed by atoms with Crippen molar-refractivity contribution in [1.82, 2.24) is 9.55 Å². The molecule has 5 rings (SSSR count). The van der Waals surface area contributed by atoms with E-state index in [4.69, 9.17) is 0 Å². The summed E-state index contributed by atoms with van der Waals surface area (Å²) in [7, 11) is 1.93. The molecule has 1 aromatic heterocycles. The molecule has 0 bridgehead atoms. The smallest absolute Gasteiger partial charge is 0.391 e. The van der Waals surface area contributed by atoms with Crippen molar-refractivity contribution in [3.63, 3.8) is 0 Å². The van der Waals surface area contributed by atoms with Crippen molar-refractivity contribution >= 4 is 22.7 Å². The van der Waals surface area contributed by atoms with E-state index < -0.39 is 17.8 Å². The molecule has 0 saturated heterocycles. The van der Waals surface area contributed by atoms with Gasteiger partial charge in [0.05, 0.1) is 35.1 Å². The summed E-state index contributed by atoms with van der Waals surface area (Å²) in [6.07, 6.45) is 4.24. The van der Waals surface area contributed by atoms with Gasteiger partial charge in [-0.15, -0.1) is 0 Å².